The number of hydrogen-bond donors (Lipinski definition) is 1. The zero-order valence-corrected chi connectivity index (χ0v) is 8.96. The number of aromatic nitrogens is 3. The summed E-state index contributed by atoms with van der Waals surface area (Å²) in [5, 5.41) is 0.844. The summed E-state index contributed by atoms with van der Waals surface area (Å²) in [6.45, 7) is 0. The van der Waals surface area contributed by atoms with Gasteiger partial charge in [-0.15, -0.1) is 0 Å². The Kier molecular flexibility index (Phi) is 2.19. The van der Waals surface area contributed by atoms with Crippen LogP contribution in [0.15, 0.2) is 42.7 Å². The summed E-state index contributed by atoms with van der Waals surface area (Å²) >= 11 is 0. The Bertz CT molecular complexity index is 665. The van der Waals surface area contributed by atoms with Crippen molar-refractivity contribution in [2.75, 3.05) is 5.73 Å². The number of nitrogens with two attached hydrogens (primary N) is 1. The molecule has 0 saturated heterocycles. The molecule has 0 bridgehead atoms. The van der Waals surface area contributed by atoms with Crippen LogP contribution in [0, 0.1) is 6.07 Å². The quantitative estimate of drug-likeness (QED) is 0.683. The van der Waals surface area contributed by atoms with E-state index in [4.69, 9.17) is 5.73 Å². The first kappa shape index (κ1) is 9.72. The molecule has 0 fully saturated rings. The van der Waals surface area contributed by atoms with Gasteiger partial charge >= 0.3 is 0 Å². The lowest BCUT2D eigenvalue weighted by molar-refractivity contribution is 1.21. The highest BCUT2D eigenvalue weighted by molar-refractivity contribution is 5.89. The summed E-state index contributed by atoms with van der Waals surface area (Å²) in [7, 11) is 0. The van der Waals surface area contributed by atoms with Crippen LogP contribution in [0.5, 0.6) is 0 Å². The van der Waals surface area contributed by atoms with Crippen molar-refractivity contribution in [3.63, 3.8) is 0 Å². The molecule has 1 aromatic carbocycles. The summed E-state index contributed by atoms with van der Waals surface area (Å²) in [5.74, 6) is 1.06. The Balaban J connectivity index is 2.26. The first-order valence-electron chi connectivity index (χ1n) is 5.18. The van der Waals surface area contributed by atoms with Crippen LogP contribution in [-0.4, -0.2) is 15.0 Å². The van der Waals surface area contributed by atoms with Crippen molar-refractivity contribution in [3.8, 4) is 11.4 Å². The summed E-state index contributed by atoms with van der Waals surface area (Å²) < 4.78 is 0. The van der Waals surface area contributed by atoms with E-state index in [-0.39, 0.29) is 0 Å². The highest BCUT2D eigenvalue weighted by Gasteiger charge is 2.06. The van der Waals surface area contributed by atoms with E-state index in [1.54, 1.807) is 24.5 Å². The van der Waals surface area contributed by atoms with Gasteiger partial charge in [-0.25, -0.2) is 9.97 Å². The van der Waals surface area contributed by atoms with Gasteiger partial charge < -0.3 is 5.73 Å². The monoisotopic (exact) mass is 221 g/mol. The van der Waals surface area contributed by atoms with E-state index in [2.05, 4.69) is 21.0 Å². The predicted octanol–water partition coefficient (Wildman–Crippen LogP) is 2.07. The molecule has 0 unspecified atom stereocenters. The van der Waals surface area contributed by atoms with Crippen LogP contribution in [-0.2, 0) is 0 Å². The Morgan fingerprint density at radius 1 is 1.18 bits per heavy atom. The third kappa shape index (κ3) is 1.69. The number of fused-ring (bicyclic) bond motifs is 1. The van der Waals surface area contributed by atoms with E-state index in [1.165, 1.54) is 0 Å². The average molecular weight is 221 g/mol. The molecule has 2 N–H and O–H groups in total. The van der Waals surface area contributed by atoms with Crippen LogP contribution in [0.2, 0.25) is 0 Å². The largest absolute Gasteiger partial charge is 0.383 e. The SMILES string of the molecule is Nc1nc(-c2cccnc2)nc2c[c]ccc12. The van der Waals surface area contributed by atoms with Crippen molar-refractivity contribution in [1.29, 1.82) is 0 Å². The molecule has 4 heteroatoms. The fourth-order valence-electron chi connectivity index (χ4n) is 1.67. The zero-order valence-electron chi connectivity index (χ0n) is 8.96. The molecule has 4 nitrogen and oxygen atoms in total. The van der Waals surface area contributed by atoms with Crippen LogP contribution in [0.25, 0.3) is 22.3 Å². The molecular formula is C13H9N4. The normalized spacial score (nSPS) is 10.6. The Morgan fingerprint density at radius 3 is 2.94 bits per heavy atom. The molecule has 0 atom stereocenters. The minimum atomic E-state index is 0.475. The number of rotatable bonds is 1. The van der Waals surface area contributed by atoms with Gasteiger partial charge in [0, 0.05) is 23.3 Å². The number of nitrogen functional groups attached to an aromatic ring is 1. The van der Waals surface area contributed by atoms with Gasteiger partial charge in [0.1, 0.15) is 5.82 Å². The lowest BCUT2D eigenvalue weighted by Gasteiger charge is -2.04. The molecule has 0 aliphatic heterocycles. The van der Waals surface area contributed by atoms with Crippen molar-refractivity contribution in [2.45, 2.75) is 0 Å². The molecule has 1 radical (unpaired) electrons. The van der Waals surface area contributed by atoms with E-state index in [0.29, 0.717) is 11.6 Å². The molecule has 0 spiro atoms. The van der Waals surface area contributed by atoms with E-state index < -0.39 is 0 Å². The maximum Gasteiger partial charge on any atom is 0.163 e. The van der Waals surface area contributed by atoms with Crippen molar-refractivity contribution >= 4 is 16.7 Å². The Labute approximate surface area is 98.2 Å². The molecule has 3 rings (SSSR count). The van der Waals surface area contributed by atoms with Gasteiger partial charge in [0.05, 0.1) is 5.52 Å². The summed E-state index contributed by atoms with van der Waals surface area (Å²) in [6.07, 6.45) is 3.43. The highest BCUT2D eigenvalue weighted by Crippen LogP contribution is 2.21. The molecule has 2 heterocycles. The number of nitrogens with zero attached hydrogens (tertiary/aromatic N) is 3. The molecule has 81 valence electrons. The molecule has 3 aromatic rings. The first-order valence-corrected chi connectivity index (χ1v) is 5.18. The second-order valence-corrected chi connectivity index (χ2v) is 3.62. The van der Waals surface area contributed by atoms with E-state index in [1.807, 2.05) is 18.2 Å². The van der Waals surface area contributed by atoms with Crippen LogP contribution >= 0.6 is 0 Å². The topological polar surface area (TPSA) is 64.7 Å². The summed E-state index contributed by atoms with van der Waals surface area (Å²) in [4.78, 5) is 12.8. The molecule has 0 aliphatic carbocycles. The number of anilines is 1. The minimum Gasteiger partial charge on any atom is -0.383 e. The van der Waals surface area contributed by atoms with Gasteiger partial charge in [-0.05, 0) is 30.3 Å². The van der Waals surface area contributed by atoms with Gasteiger partial charge in [-0.1, -0.05) is 6.07 Å². The average Bonchev–Trinajstić information content (AvgIpc) is 2.40. The maximum absolute atomic E-state index is 5.91. The molecule has 17 heavy (non-hydrogen) atoms. The van der Waals surface area contributed by atoms with Gasteiger partial charge in [0.15, 0.2) is 5.82 Å². The van der Waals surface area contributed by atoms with E-state index >= 15 is 0 Å². The van der Waals surface area contributed by atoms with Gasteiger partial charge in [0.2, 0.25) is 0 Å². The molecule has 0 amide bonds. The lowest BCUT2D eigenvalue weighted by atomic mass is 10.2. The van der Waals surface area contributed by atoms with Crippen molar-refractivity contribution in [3.05, 3.63) is 48.8 Å². The summed E-state index contributed by atoms with van der Waals surface area (Å²) in [6, 6.07) is 12.2. The second-order valence-electron chi connectivity index (χ2n) is 3.62. The third-order valence-electron chi connectivity index (χ3n) is 2.49. The zero-order chi connectivity index (χ0) is 11.7. The number of hydrogen-bond acceptors (Lipinski definition) is 4. The molecule has 2 aromatic heterocycles. The molecule has 0 aliphatic rings. The van der Waals surface area contributed by atoms with Gasteiger partial charge in [-0.3, -0.25) is 4.98 Å². The van der Waals surface area contributed by atoms with Crippen LogP contribution in [0.4, 0.5) is 5.82 Å². The highest BCUT2D eigenvalue weighted by atomic mass is 14.9. The maximum atomic E-state index is 5.91. The van der Waals surface area contributed by atoms with E-state index in [9.17, 15) is 0 Å². The smallest absolute Gasteiger partial charge is 0.163 e. The van der Waals surface area contributed by atoms with Crippen molar-refractivity contribution < 1.29 is 0 Å². The molecular weight excluding hydrogens is 212 g/mol. The molecule has 0 saturated carbocycles. The standard InChI is InChI=1S/C13H9N4/c14-12-10-5-1-2-6-11(10)16-13(17-12)9-4-3-7-15-8-9/h1,3-8H,(H2,14,16,17). The minimum absolute atomic E-state index is 0.475. The van der Waals surface area contributed by atoms with Gasteiger partial charge in [-0.2, -0.15) is 0 Å². The fraction of sp³-hybridized carbons (Fsp3) is 0. The van der Waals surface area contributed by atoms with E-state index in [0.717, 1.165) is 16.5 Å². The Hall–Kier alpha value is -2.49. The van der Waals surface area contributed by atoms with Crippen LogP contribution in [0.3, 0.4) is 0 Å². The van der Waals surface area contributed by atoms with Crippen molar-refractivity contribution in [2.24, 2.45) is 0 Å². The number of pyridine rings is 1. The fourth-order valence-corrected chi connectivity index (χ4v) is 1.67. The van der Waals surface area contributed by atoms with Crippen LogP contribution < -0.4 is 5.73 Å². The van der Waals surface area contributed by atoms with Crippen molar-refractivity contribution in [1.82, 2.24) is 15.0 Å². The summed E-state index contributed by atoms with van der Waals surface area (Å²) in [5.41, 5.74) is 7.55. The Morgan fingerprint density at radius 2 is 2.12 bits per heavy atom. The second kappa shape index (κ2) is 3.83. The predicted molar refractivity (Wildman–Crippen MR) is 66.0 cm³/mol. The number of benzene rings is 1. The van der Waals surface area contributed by atoms with Gasteiger partial charge in [0.25, 0.3) is 0 Å². The lowest BCUT2D eigenvalue weighted by Crippen LogP contribution is -1.97. The third-order valence-corrected chi connectivity index (χ3v) is 2.49. The van der Waals surface area contributed by atoms with Crippen LogP contribution in [0.1, 0.15) is 0 Å². The first-order chi connectivity index (χ1) is 8.34.